The molecule has 2 bridgehead atoms. The summed E-state index contributed by atoms with van der Waals surface area (Å²) in [7, 11) is 2.03. The summed E-state index contributed by atoms with van der Waals surface area (Å²) in [6, 6.07) is 12.4. The van der Waals surface area contributed by atoms with Gasteiger partial charge in [0.1, 0.15) is 11.5 Å². The first-order valence-electron chi connectivity index (χ1n) is 11.4. The fraction of sp³-hybridized carbons (Fsp3) is 0.423. The van der Waals surface area contributed by atoms with Gasteiger partial charge < -0.3 is 29.7 Å². The number of ether oxygens (including phenoxy) is 2. The maximum atomic E-state index is 12.9. The first-order valence-corrected chi connectivity index (χ1v) is 11.4. The van der Waals surface area contributed by atoms with Crippen molar-refractivity contribution in [2.45, 2.75) is 55.1 Å². The predicted molar refractivity (Wildman–Crippen MR) is 118 cm³/mol. The average Bonchev–Trinajstić information content (AvgIpc) is 3.19. The van der Waals surface area contributed by atoms with E-state index in [0.717, 1.165) is 17.7 Å². The summed E-state index contributed by atoms with van der Waals surface area (Å²) >= 11 is 0. The molecule has 6 rings (SSSR count). The third kappa shape index (κ3) is 2.62. The maximum absolute atomic E-state index is 12.9. The minimum Gasteiger partial charge on any atom is -0.481 e. The number of carbonyl (C=O) groups excluding carboxylic acids is 1. The highest BCUT2D eigenvalue weighted by Crippen LogP contribution is 2.64. The first kappa shape index (κ1) is 20.9. The van der Waals surface area contributed by atoms with Crippen LogP contribution in [0.5, 0.6) is 5.75 Å². The number of carbonyl (C=O) groups is 1. The number of piperidine rings is 1. The van der Waals surface area contributed by atoms with E-state index in [0.29, 0.717) is 41.9 Å². The molecule has 2 aliphatic heterocycles. The van der Waals surface area contributed by atoms with Crippen molar-refractivity contribution < 1.29 is 29.6 Å². The molecule has 1 saturated heterocycles. The van der Waals surface area contributed by atoms with Gasteiger partial charge in [0.05, 0.1) is 17.6 Å². The number of benzene rings is 2. The smallest absolute Gasteiger partial charge is 0.344 e. The summed E-state index contributed by atoms with van der Waals surface area (Å²) in [5, 5.41) is 32.7. The van der Waals surface area contributed by atoms with Crippen molar-refractivity contribution in [3.8, 4) is 5.75 Å². The average molecular weight is 450 g/mol. The molecule has 0 saturated carbocycles. The second-order valence-corrected chi connectivity index (χ2v) is 9.64. The fourth-order valence-electron chi connectivity index (χ4n) is 6.57. The molecule has 3 N–H and O–H groups in total. The van der Waals surface area contributed by atoms with Crippen molar-refractivity contribution in [3.63, 3.8) is 0 Å². The summed E-state index contributed by atoms with van der Waals surface area (Å²) in [6.07, 6.45) is 1.24. The highest BCUT2D eigenvalue weighted by atomic mass is 16.6. The Bertz CT molecular complexity index is 1160. The van der Waals surface area contributed by atoms with Gasteiger partial charge in [0, 0.05) is 23.6 Å². The van der Waals surface area contributed by atoms with Gasteiger partial charge in [-0.15, -0.1) is 0 Å². The number of esters is 1. The molecule has 1 spiro atoms. The summed E-state index contributed by atoms with van der Waals surface area (Å²) < 4.78 is 12.2. The van der Waals surface area contributed by atoms with Crippen LogP contribution in [0.3, 0.4) is 0 Å². The normalized spacial score (nSPS) is 32.4. The van der Waals surface area contributed by atoms with E-state index in [4.69, 9.17) is 9.47 Å². The molecular weight excluding hydrogens is 422 g/mol. The number of hydrogen-bond donors (Lipinski definition) is 3. The molecule has 2 aromatic rings. The van der Waals surface area contributed by atoms with E-state index in [9.17, 15) is 20.1 Å². The van der Waals surface area contributed by atoms with Crippen molar-refractivity contribution in [3.05, 3.63) is 76.6 Å². The van der Waals surface area contributed by atoms with E-state index < -0.39 is 29.2 Å². The third-order valence-corrected chi connectivity index (χ3v) is 8.18. The van der Waals surface area contributed by atoms with Crippen LogP contribution < -0.4 is 4.74 Å². The number of aliphatic hydroxyl groups excluding tert-OH is 2. The van der Waals surface area contributed by atoms with Gasteiger partial charge in [-0.05, 0) is 43.6 Å². The highest BCUT2D eigenvalue weighted by Gasteiger charge is 2.71. The molecule has 2 aliphatic carbocycles. The zero-order valence-corrected chi connectivity index (χ0v) is 18.4. The van der Waals surface area contributed by atoms with Crippen LogP contribution in [0, 0.1) is 0 Å². The molecule has 2 aromatic carbocycles. The zero-order chi connectivity index (χ0) is 23.0. The number of likely N-dealkylation sites (N-methyl/N-ethyl adjacent to an activating group) is 1. The molecule has 172 valence electrons. The Kier molecular flexibility index (Phi) is 4.52. The minimum absolute atomic E-state index is 0.0980. The number of nitrogens with zero attached hydrogens (tertiary/aromatic N) is 1. The fourth-order valence-corrected chi connectivity index (χ4v) is 6.57. The van der Waals surface area contributed by atoms with Gasteiger partial charge in [0.2, 0.25) is 0 Å². The zero-order valence-electron chi connectivity index (χ0n) is 18.4. The molecule has 33 heavy (non-hydrogen) atoms. The van der Waals surface area contributed by atoms with Crippen molar-refractivity contribution in [1.29, 1.82) is 0 Å². The van der Waals surface area contributed by atoms with Gasteiger partial charge in [-0.2, -0.15) is 0 Å². The van der Waals surface area contributed by atoms with Crippen molar-refractivity contribution >= 4 is 5.97 Å². The maximum Gasteiger partial charge on any atom is 0.344 e. The van der Waals surface area contributed by atoms with E-state index >= 15 is 0 Å². The van der Waals surface area contributed by atoms with Crippen molar-refractivity contribution in [1.82, 2.24) is 4.90 Å². The van der Waals surface area contributed by atoms with E-state index in [2.05, 4.69) is 4.90 Å². The lowest BCUT2D eigenvalue weighted by Crippen LogP contribution is -2.74. The number of hydrogen-bond acceptors (Lipinski definition) is 7. The standard InChI is InChI=1S/C26H27NO6/c1-27-12-11-25-20-16-7-8-17(14-28)22(20)33-23(25)18(9-10-26(25,31)19(27)13-16)32-24(30)21(29)15-5-3-2-4-6-15/h2-9,19,21,23,28-29,31H,10-14H2,1H3/t19-,21+,23+,25+,26-/m1/s1. The number of rotatable bonds is 4. The van der Waals surface area contributed by atoms with Gasteiger partial charge in [0.25, 0.3) is 0 Å². The second kappa shape index (κ2) is 7.14. The lowest BCUT2D eigenvalue weighted by molar-refractivity contribution is -0.172. The topological polar surface area (TPSA) is 99.5 Å². The molecule has 5 atom stereocenters. The molecular formula is C26H27NO6. The van der Waals surface area contributed by atoms with Crippen LogP contribution in [0.15, 0.2) is 54.3 Å². The molecule has 1 fully saturated rings. The summed E-state index contributed by atoms with van der Waals surface area (Å²) in [5.74, 6) is 0.126. The Hall–Kier alpha value is -2.71. The molecule has 0 unspecified atom stereocenters. The van der Waals surface area contributed by atoms with E-state index in [1.54, 1.807) is 30.3 Å². The molecule has 0 radical (unpaired) electrons. The van der Waals surface area contributed by atoms with E-state index in [1.807, 2.05) is 25.2 Å². The Balaban J connectivity index is 1.44. The Labute approximate surface area is 191 Å². The lowest BCUT2D eigenvalue weighted by Gasteiger charge is -2.61. The molecule has 7 nitrogen and oxygen atoms in total. The van der Waals surface area contributed by atoms with E-state index in [-0.39, 0.29) is 12.6 Å². The van der Waals surface area contributed by atoms with Crippen LogP contribution in [0.25, 0.3) is 0 Å². The van der Waals surface area contributed by atoms with Crippen LogP contribution >= 0.6 is 0 Å². The highest BCUT2D eigenvalue weighted by molar-refractivity contribution is 5.77. The quantitative estimate of drug-likeness (QED) is 0.612. The van der Waals surface area contributed by atoms with Crippen LogP contribution in [-0.2, 0) is 28.0 Å². The molecule has 0 aromatic heterocycles. The third-order valence-electron chi connectivity index (χ3n) is 8.18. The van der Waals surface area contributed by atoms with Gasteiger partial charge in [-0.25, -0.2) is 4.79 Å². The number of likely N-dealkylation sites (tertiary alicyclic amines) is 1. The van der Waals surface area contributed by atoms with Crippen LogP contribution in [0.1, 0.15) is 41.2 Å². The Morgan fingerprint density at radius 2 is 2.06 bits per heavy atom. The van der Waals surface area contributed by atoms with E-state index in [1.165, 1.54) is 0 Å². The van der Waals surface area contributed by atoms with Crippen LogP contribution in [0.2, 0.25) is 0 Å². The van der Waals surface area contributed by atoms with Crippen LogP contribution in [-0.4, -0.2) is 57.5 Å². The summed E-state index contributed by atoms with van der Waals surface area (Å²) in [4.78, 5) is 15.1. The van der Waals surface area contributed by atoms with Gasteiger partial charge in [-0.1, -0.05) is 42.5 Å². The largest absolute Gasteiger partial charge is 0.481 e. The molecule has 2 heterocycles. The Morgan fingerprint density at radius 3 is 2.82 bits per heavy atom. The SMILES string of the molecule is CN1CC[C@]23c4c5ccc(CO)c4O[C@H]2C(OC(=O)[C@@H](O)c2ccccc2)=CC[C@@]3(O)[C@H]1C5. The summed E-state index contributed by atoms with van der Waals surface area (Å²) in [6.45, 7) is 0.585. The van der Waals surface area contributed by atoms with Crippen LogP contribution in [0.4, 0.5) is 0 Å². The minimum atomic E-state index is -1.42. The van der Waals surface area contributed by atoms with Crippen molar-refractivity contribution in [2.75, 3.05) is 13.6 Å². The monoisotopic (exact) mass is 449 g/mol. The molecule has 7 heteroatoms. The summed E-state index contributed by atoms with van der Waals surface area (Å²) in [5.41, 5.74) is 1.28. The lowest BCUT2D eigenvalue weighted by atomic mass is 9.50. The predicted octanol–water partition coefficient (Wildman–Crippen LogP) is 1.73. The molecule has 4 aliphatic rings. The first-order chi connectivity index (χ1) is 15.9. The van der Waals surface area contributed by atoms with Gasteiger partial charge in [0.15, 0.2) is 12.2 Å². The molecule has 0 amide bonds. The second-order valence-electron chi connectivity index (χ2n) is 9.64. The van der Waals surface area contributed by atoms with Crippen molar-refractivity contribution in [2.24, 2.45) is 0 Å². The van der Waals surface area contributed by atoms with Gasteiger partial charge in [-0.3, -0.25) is 0 Å². The number of aliphatic hydroxyl groups is 3. The van der Waals surface area contributed by atoms with Gasteiger partial charge >= 0.3 is 5.97 Å². The Morgan fingerprint density at radius 1 is 1.27 bits per heavy atom.